The number of hydrogen-bond acceptors (Lipinski definition) is 10. The molecule has 3 heterocycles. The van der Waals surface area contributed by atoms with E-state index in [2.05, 4.69) is 52.0 Å². The first-order valence-electron chi connectivity index (χ1n) is 18.1. The fraction of sp³-hybridized carbons (Fsp3) is 0.196. The standard InChI is InChI=1S/C23H20O5.C22H18O3.CO2/c1-12(2)13-3-6-17-16(9-13)22(26)28-23(17)18-7-4-14(24)10-20(18)27-21-11-15(25)5-8-19(21)23;1-13(2)14-3-5-15(6-4-14)22-18-9-7-16(23)11-20(18)25-21-12-17(24)8-10-19(21)22;2-1-3/h3-12,18,20,24-25H,1-2H3;3-13,23H,1-2H3;. The number of benzene rings is 5. The molecule has 9 rings (SSSR count). The average Bonchev–Trinajstić information content (AvgIpc) is 3.45. The summed E-state index contributed by atoms with van der Waals surface area (Å²) in [7, 11) is 0. The topological polar surface area (TPSA) is 161 Å². The van der Waals surface area contributed by atoms with Gasteiger partial charge in [-0.1, -0.05) is 70.2 Å². The van der Waals surface area contributed by atoms with Crippen molar-refractivity contribution in [1.29, 1.82) is 0 Å². The summed E-state index contributed by atoms with van der Waals surface area (Å²) in [6, 6.07) is 29.1. The highest BCUT2D eigenvalue weighted by atomic mass is 16.6. The third-order valence-corrected chi connectivity index (χ3v) is 10.4. The van der Waals surface area contributed by atoms with Gasteiger partial charge < -0.3 is 29.2 Å². The van der Waals surface area contributed by atoms with E-state index >= 15 is 0 Å². The van der Waals surface area contributed by atoms with Crippen molar-refractivity contribution in [1.82, 2.24) is 0 Å². The van der Waals surface area contributed by atoms with Crippen LogP contribution in [0.15, 0.2) is 130 Å². The number of fused-ring (bicyclic) bond motifs is 8. The molecule has 5 aliphatic rings. The van der Waals surface area contributed by atoms with Crippen LogP contribution in [-0.2, 0) is 19.9 Å². The highest BCUT2D eigenvalue weighted by Crippen LogP contribution is 2.56. The summed E-state index contributed by atoms with van der Waals surface area (Å²) in [5.74, 6) is 1.30. The summed E-state index contributed by atoms with van der Waals surface area (Å²) in [5, 5.41) is 30.6. The van der Waals surface area contributed by atoms with E-state index in [1.807, 2.05) is 30.3 Å². The molecule has 3 atom stereocenters. The van der Waals surface area contributed by atoms with Crippen LogP contribution in [0.25, 0.3) is 33.4 Å². The maximum atomic E-state index is 12.9. The van der Waals surface area contributed by atoms with Crippen molar-refractivity contribution < 1.29 is 43.6 Å². The molecular formula is C46H38O10. The van der Waals surface area contributed by atoms with Crippen LogP contribution in [0.5, 0.6) is 17.2 Å². The maximum absolute atomic E-state index is 12.9. The second-order valence-corrected chi connectivity index (χ2v) is 14.5. The number of esters is 1. The largest absolute Gasteiger partial charge is 0.508 e. The van der Waals surface area contributed by atoms with E-state index in [0.717, 1.165) is 33.2 Å². The van der Waals surface area contributed by atoms with Gasteiger partial charge in [-0.2, -0.15) is 9.59 Å². The second kappa shape index (κ2) is 14.7. The van der Waals surface area contributed by atoms with Gasteiger partial charge in [0.1, 0.15) is 40.5 Å². The van der Waals surface area contributed by atoms with Gasteiger partial charge in [-0.15, -0.1) is 0 Å². The Morgan fingerprint density at radius 1 is 0.714 bits per heavy atom. The van der Waals surface area contributed by atoms with Crippen LogP contribution in [0, 0.1) is 5.92 Å². The molecule has 10 nitrogen and oxygen atoms in total. The molecule has 0 saturated carbocycles. The maximum Gasteiger partial charge on any atom is 0.373 e. The van der Waals surface area contributed by atoms with E-state index in [-0.39, 0.29) is 46.6 Å². The van der Waals surface area contributed by atoms with E-state index in [9.17, 15) is 24.9 Å². The smallest absolute Gasteiger partial charge is 0.373 e. The van der Waals surface area contributed by atoms with Crippen molar-refractivity contribution in [3.63, 3.8) is 0 Å². The third-order valence-electron chi connectivity index (χ3n) is 10.4. The van der Waals surface area contributed by atoms with Gasteiger partial charge in [0.25, 0.3) is 0 Å². The SMILES string of the molecule is CC(C)c1ccc(-c2c3ccc(=O)cc-3oc3cc(O)ccc23)cc1.CC(C)c1ccc2c(c1)C(=O)OC21c2ccc(O)cc2OC2C=C(O)C=CC21.O=C=O. The number of carbonyl (C=O) groups is 1. The molecule has 0 saturated heterocycles. The van der Waals surface area contributed by atoms with Crippen LogP contribution >= 0.6 is 0 Å². The molecule has 56 heavy (non-hydrogen) atoms. The molecule has 10 heteroatoms. The zero-order chi connectivity index (χ0) is 39.9. The minimum absolute atomic E-state index is 0.0617. The fourth-order valence-electron chi connectivity index (χ4n) is 7.68. The minimum Gasteiger partial charge on any atom is -0.508 e. The second-order valence-electron chi connectivity index (χ2n) is 14.5. The van der Waals surface area contributed by atoms with Crippen molar-refractivity contribution in [2.45, 2.75) is 51.2 Å². The van der Waals surface area contributed by atoms with Gasteiger partial charge in [-0.05, 0) is 83.1 Å². The van der Waals surface area contributed by atoms with E-state index in [4.69, 9.17) is 23.5 Å². The molecule has 3 N–H and O–H groups in total. The Bertz CT molecular complexity index is 2610. The van der Waals surface area contributed by atoms with Crippen molar-refractivity contribution in [2.75, 3.05) is 0 Å². The van der Waals surface area contributed by atoms with Crippen molar-refractivity contribution in [3.8, 4) is 39.7 Å². The molecule has 3 unspecified atom stereocenters. The lowest BCUT2D eigenvalue weighted by Gasteiger charge is -2.44. The van der Waals surface area contributed by atoms with Crippen LogP contribution in [-0.4, -0.2) is 33.5 Å². The zero-order valence-corrected chi connectivity index (χ0v) is 31.0. The molecule has 282 valence electrons. The summed E-state index contributed by atoms with van der Waals surface area (Å²) >= 11 is 0. The molecule has 1 spiro atoms. The number of ether oxygens (including phenoxy) is 2. The quantitative estimate of drug-likeness (QED) is 0.118. The Kier molecular flexibility index (Phi) is 9.84. The first-order chi connectivity index (χ1) is 26.8. The number of aromatic hydroxyl groups is 2. The van der Waals surface area contributed by atoms with Crippen LogP contribution in [0.2, 0.25) is 0 Å². The fourth-order valence-corrected chi connectivity index (χ4v) is 7.68. The minimum atomic E-state index is -1.07. The molecular weight excluding hydrogens is 712 g/mol. The summed E-state index contributed by atoms with van der Waals surface area (Å²) in [5.41, 5.74) is 6.71. The Labute approximate surface area is 321 Å². The normalized spacial score (nSPS) is 18.8. The van der Waals surface area contributed by atoms with Crippen molar-refractivity contribution >= 4 is 23.1 Å². The molecule has 2 aliphatic carbocycles. The lowest BCUT2D eigenvalue weighted by Crippen LogP contribution is -2.48. The van der Waals surface area contributed by atoms with Crippen LogP contribution < -0.4 is 10.2 Å². The molecule has 0 radical (unpaired) electrons. The summed E-state index contributed by atoms with van der Waals surface area (Å²) in [6.45, 7) is 8.50. The average molecular weight is 751 g/mol. The predicted octanol–water partition coefficient (Wildman–Crippen LogP) is 9.13. The van der Waals surface area contributed by atoms with E-state index < -0.39 is 11.7 Å². The predicted molar refractivity (Wildman–Crippen MR) is 208 cm³/mol. The van der Waals surface area contributed by atoms with E-state index in [0.29, 0.717) is 34.1 Å². The molecule has 0 bridgehead atoms. The number of aliphatic hydroxyl groups excluding tert-OH is 1. The van der Waals surface area contributed by atoms with Gasteiger partial charge in [0.2, 0.25) is 0 Å². The van der Waals surface area contributed by atoms with Gasteiger partial charge in [-0.25, -0.2) is 4.79 Å². The van der Waals surface area contributed by atoms with Gasteiger partial charge in [0.15, 0.2) is 11.0 Å². The Balaban J connectivity index is 0.000000161. The monoisotopic (exact) mass is 750 g/mol. The van der Waals surface area contributed by atoms with Gasteiger partial charge in [-0.3, -0.25) is 4.79 Å². The number of phenols is 2. The highest BCUT2D eigenvalue weighted by molar-refractivity contribution is 6.02. The number of carbonyl (C=O) groups excluding carboxylic acids is 3. The molecule has 0 fully saturated rings. The van der Waals surface area contributed by atoms with Gasteiger partial charge in [0, 0.05) is 45.8 Å². The third kappa shape index (κ3) is 6.61. The number of allylic oxidation sites excluding steroid dienone is 1. The molecule has 0 aromatic heterocycles. The molecule has 3 aliphatic heterocycles. The van der Waals surface area contributed by atoms with Crippen molar-refractivity contribution in [3.05, 3.63) is 159 Å². The lowest BCUT2D eigenvalue weighted by atomic mass is 9.70. The first-order valence-corrected chi connectivity index (χ1v) is 18.1. The molecule has 4 aromatic carbocycles. The number of hydrogen-bond donors (Lipinski definition) is 3. The Hall–Kier alpha value is -6.90. The zero-order valence-electron chi connectivity index (χ0n) is 31.0. The van der Waals surface area contributed by atoms with Gasteiger partial charge >= 0.3 is 12.1 Å². The molecule has 4 aromatic rings. The lowest BCUT2D eigenvalue weighted by molar-refractivity contribution is -0.191. The van der Waals surface area contributed by atoms with Crippen LogP contribution in [0.3, 0.4) is 0 Å². The number of rotatable bonds is 3. The van der Waals surface area contributed by atoms with Crippen molar-refractivity contribution in [2.24, 2.45) is 5.92 Å². The van der Waals surface area contributed by atoms with E-state index in [1.165, 1.54) is 17.7 Å². The number of aliphatic hydroxyl groups is 1. The van der Waals surface area contributed by atoms with Crippen LogP contribution in [0.1, 0.15) is 72.1 Å². The Morgan fingerprint density at radius 2 is 1.38 bits per heavy atom. The van der Waals surface area contributed by atoms with Gasteiger partial charge in [0.05, 0.1) is 11.5 Å². The summed E-state index contributed by atoms with van der Waals surface area (Å²) in [4.78, 5) is 40.9. The number of phenolic OH excluding ortho intramolecular Hbond substituents is 2. The summed E-state index contributed by atoms with van der Waals surface area (Å²) in [6.07, 6.45) is 4.76. The van der Waals surface area contributed by atoms with E-state index in [1.54, 1.807) is 48.6 Å². The molecule has 0 amide bonds. The summed E-state index contributed by atoms with van der Waals surface area (Å²) < 4.78 is 18.0. The first kappa shape index (κ1) is 37.4. The Morgan fingerprint density at radius 3 is 2.09 bits per heavy atom. The highest BCUT2D eigenvalue weighted by Gasteiger charge is 2.58. The van der Waals surface area contributed by atoms with Crippen LogP contribution in [0.4, 0.5) is 0 Å².